The van der Waals surface area contributed by atoms with Crippen LogP contribution in [0.3, 0.4) is 0 Å². The Labute approximate surface area is 103 Å². The van der Waals surface area contributed by atoms with Crippen molar-refractivity contribution in [2.75, 3.05) is 0 Å². The predicted molar refractivity (Wildman–Crippen MR) is 65.8 cm³/mol. The Bertz CT molecular complexity index is 794. The van der Waals surface area contributed by atoms with Gasteiger partial charge >= 0.3 is 0 Å². The van der Waals surface area contributed by atoms with E-state index in [4.69, 9.17) is 0 Å². The lowest BCUT2D eigenvalue weighted by Gasteiger charge is -2.04. The molecule has 0 spiro atoms. The van der Waals surface area contributed by atoms with E-state index in [9.17, 15) is 8.42 Å². The summed E-state index contributed by atoms with van der Waals surface area (Å²) in [5.41, 5.74) is 0.897. The van der Waals surface area contributed by atoms with Gasteiger partial charge in [0, 0.05) is 0 Å². The highest BCUT2D eigenvalue weighted by atomic mass is 32.2. The number of nitrogens with one attached hydrogen (secondary N) is 1. The van der Waals surface area contributed by atoms with Gasteiger partial charge in [-0.3, -0.25) is 0 Å². The molecule has 0 atom stereocenters. The number of hydrogen-bond acceptors (Lipinski definition) is 4. The molecule has 0 saturated carbocycles. The maximum atomic E-state index is 12.5. The van der Waals surface area contributed by atoms with Crippen LogP contribution in [0.4, 0.5) is 0 Å². The number of aromatic amines is 1. The molecule has 0 unspecified atom stereocenters. The van der Waals surface area contributed by atoms with Crippen molar-refractivity contribution < 1.29 is 8.42 Å². The van der Waals surface area contributed by atoms with Crippen LogP contribution in [0, 0.1) is 0 Å². The second-order valence-electron chi connectivity index (χ2n) is 3.76. The molecular formula is C12H9N3O2S. The van der Waals surface area contributed by atoms with E-state index in [1.165, 1.54) is 6.07 Å². The molecule has 5 nitrogen and oxygen atoms in total. The molecule has 0 bridgehead atoms. The zero-order valence-corrected chi connectivity index (χ0v) is 10.1. The normalized spacial score (nSPS) is 11.8. The van der Waals surface area contributed by atoms with Gasteiger partial charge in [0.05, 0.1) is 4.90 Å². The quantitative estimate of drug-likeness (QED) is 0.761. The lowest BCUT2D eigenvalue weighted by atomic mass is 10.3. The van der Waals surface area contributed by atoms with Crippen molar-refractivity contribution in [2.45, 2.75) is 9.79 Å². The average Bonchev–Trinajstić information content (AvgIpc) is 2.87. The monoisotopic (exact) mass is 259 g/mol. The van der Waals surface area contributed by atoms with E-state index in [-0.39, 0.29) is 9.79 Å². The highest BCUT2D eigenvalue weighted by Gasteiger charge is 2.21. The minimum absolute atomic E-state index is 0.167. The molecule has 0 aliphatic heterocycles. The van der Waals surface area contributed by atoms with Crippen molar-refractivity contribution in [1.82, 2.24) is 15.4 Å². The molecular weight excluding hydrogens is 250 g/mol. The standard InChI is InChI=1S/C12H9N3O2S/c16-18(17,9-5-2-1-3-6-9)11-8-4-7-10-12(11)14-15-13-10/h1-8H,(H,13,14,15). The van der Waals surface area contributed by atoms with Crippen LogP contribution < -0.4 is 0 Å². The Morgan fingerprint density at radius 2 is 1.67 bits per heavy atom. The molecule has 1 heterocycles. The van der Waals surface area contributed by atoms with Gasteiger partial charge in [0.15, 0.2) is 0 Å². The van der Waals surface area contributed by atoms with Crippen molar-refractivity contribution >= 4 is 20.9 Å². The highest BCUT2D eigenvalue weighted by molar-refractivity contribution is 7.91. The van der Waals surface area contributed by atoms with Gasteiger partial charge in [-0.15, -0.1) is 0 Å². The second kappa shape index (κ2) is 3.92. The minimum atomic E-state index is -3.56. The van der Waals surface area contributed by atoms with Crippen molar-refractivity contribution in [3.05, 3.63) is 48.5 Å². The number of hydrogen-bond donors (Lipinski definition) is 1. The summed E-state index contributed by atoms with van der Waals surface area (Å²) in [7, 11) is -3.56. The number of rotatable bonds is 2. The number of fused-ring (bicyclic) bond motifs is 1. The van der Waals surface area contributed by atoms with Gasteiger partial charge < -0.3 is 0 Å². The Hall–Kier alpha value is -2.21. The van der Waals surface area contributed by atoms with Crippen LogP contribution in [-0.2, 0) is 9.84 Å². The van der Waals surface area contributed by atoms with Crippen LogP contribution in [0.1, 0.15) is 0 Å². The van der Waals surface area contributed by atoms with Crippen LogP contribution in [0.25, 0.3) is 11.0 Å². The molecule has 90 valence electrons. The van der Waals surface area contributed by atoms with Gasteiger partial charge in [-0.2, -0.15) is 15.4 Å². The van der Waals surface area contributed by atoms with Gasteiger partial charge in [0.1, 0.15) is 15.9 Å². The summed E-state index contributed by atoms with van der Waals surface area (Å²) in [4.78, 5) is 0.417. The SMILES string of the molecule is O=S(=O)(c1ccccc1)c1cccc2n[nH]nc12. The fourth-order valence-corrected chi connectivity index (χ4v) is 3.22. The summed E-state index contributed by atoms with van der Waals surface area (Å²) in [6.07, 6.45) is 0. The topological polar surface area (TPSA) is 75.7 Å². The average molecular weight is 259 g/mol. The van der Waals surface area contributed by atoms with Crippen LogP contribution in [-0.4, -0.2) is 23.8 Å². The van der Waals surface area contributed by atoms with E-state index in [1.807, 2.05) is 0 Å². The molecule has 0 aliphatic carbocycles. The van der Waals surface area contributed by atoms with Gasteiger partial charge in [0.25, 0.3) is 0 Å². The number of H-pyrrole nitrogens is 1. The Balaban J connectivity index is 2.30. The van der Waals surface area contributed by atoms with Gasteiger partial charge in [-0.1, -0.05) is 24.3 Å². The smallest absolute Gasteiger partial charge is 0.208 e. The van der Waals surface area contributed by atoms with Crippen molar-refractivity contribution in [2.24, 2.45) is 0 Å². The van der Waals surface area contributed by atoms with E-state index in [2.05, 4.69) is 15.4 Å². The van der Waals surface area contributed by atoms with Gasteiger partial charge in [-0.25, -0.2) is 8.42 Å². The van der Waals surface area contributed by atoms with E-state index in [0.29, 0.717) is 11.0 Å². The summed E-state index contributed by atoms with van der Waals surface area (Å²) in [5.74, 6) is 0. The lowest BCUT2D eigenvalue weighted by molar-refractivity contribution is 0.597. The highest BCUT2D eigenvalue weighted by Crippen LogP contribution is 2.25. The molecule has 1 aromatic heterocycles. The molecule has 0 fully saturated rings. The zero-order chi connectivity index (χ0) is 12.6. The lowest BCUT2D eigenvalue weighted by Crippen LogP contribution is -2.02. The molecule has 0 radical (unpaired) electrons. The number of para-hydroxylation sites is 1. The maximum absolute atomic E-state index is 12.5. The van der Waals surface area contributed by atoms with Crippen LogP contribution in [0.2, 0.25) is 0 Å². The third kappa shape index (κ3) is 1.58. The molecule has 0 saturated heterocycles. The van der Waals surface area contributed by atoms with Gasteiger partial charge in [0.2, 0.25) is 9.84 Å². The van der Waals surface area contributed by atoms with Crippen LogP contribution in [0.5, 0.6) is 0 Å². The van der Waals surface area contributed by atoms with E-state index in [0.717, 1.165) is 0 Å². The number of sulfone groups is 1. The summed E-state index contributed by atoms with van der Waals surface area (Å²) in [6, 6.07) is 13.2. The molecule has 0 amide bonds. The number of aromatic nitrogens is 3. The fraction of sp³-hybridized carbons (Fsp3) is 0. The number of benzene rings is 2. The zero-order valence-electron chi connectivity index (χ0n) is 9.24. The summed E-state index contributed by atoms with van der Waals surface area (Å²) in [5, 5.41) is 10.2. The number of nitrogens with zero attached hydrogens (tertiary/aromatic N) is 2. The Kier molecular flexibility index (Phi) is 2.38. The largest absolute Gasteiger partial charge is 0.218 e. The second-order valence-corrected chi connectivity index (χ2v) is 5.68. The van der Waals surface area contributed by atoms with E-state index >= 15 is 0 Å². The van der Waals surface area contributed by atoms with Crippen molar-refractivity contribution in [3.63, 3.8) is 0 Å². The summed E-state index contributed by atoms with van der Waals surface area (Å²) in [6.45, 7) is 0. The first kappa shape index (κ1) is 10.9. The molecule has 2 aromatic carbocycles. The first-order valence-corrected chi connectivity index (χ1v) is 6.77. The van der Waals surface area contributed by atoms with E-state index < -0.39 is 9.84 Å². The minimum Gasteiger partial charge on any atom is -0.218 e. The third-order valence-electron chi connectivity index (χ3n) is 2.65. The Morgan fingerprint density at radius 3 is 2.44 bits per heavy atom. The molecule has 6 heteroatoms. The van der Waals surface area contributed by atoms with Crippen LogP contribution in [0.15, 0.2) is 58.3 Å². The van der Waals surface area contributed by atoms with E-state index in [1.54, 1.807) is 42.5 Å². The maximum Gasteiger partial charge on any atom is 0.208 e. The molecule has 0 aliphatic rings. The summed E-state index contributed by atoms with van der Waals surface area (Å²) < 4.78 is 24.9. The third-order valence-corrected chi connectivity index (χ3v) is 4.45. The van der Waals surface area contributed by atoms with Crippen molar-refractivity contribution in [3.8, 4) is 0 Å². The first-order chi connectivity index (χ1) is 8.69. The molecule has 18 heavy (non-hydrogen) atoms. The van der Waals surface area contributed by atoms with Crippen LogP contribution >= 0.6 is 0 Å². The van der Waals surface area contributed by atoms with Crippen molar-refractivity contribution in [1.29, 1.82) is 0 Å². The van der Waals surface area contributed by atoms with Gasteiger partial charge in [-0.05, 0) is 24.3 Å². The fourth-order valence-electron chi connectivity index (χ4n) is 1.79. The molecule has 3 aromatic rings. The first-order valence-electron chi connectivity index (χ1n) is 5.29. The predicted octanol–water partition coefficient (Wildman–Crippen LogP) is 1.79. The Morgan fingerprint density at radius 1 is 0.889 bits per heavy atom. The summed E-state index contributed by atoms with van der Waals surface area (Å²) >= 11 is 0. The molecule has 3 rings (SSSR count). The molecule has 1 N–H and O–H groups in total.